The summed E-state index contributed by atoms with van der Waals surface area (Å²) < 4.78 is 5.67. The summed E-state index contributed by atoms with van der Waals surface area (Å²) in [7, 11) is 0. The van der Waals surface area contributed by atoms with Crippen LogP contribution < -0.4 is 4.90 Å². The number of carbonyl (C=O) groups excluding carboxylic acids is 3. The lowest BCUT2D eigenvalue weighted by Crippen LogP contribution is -2.51. The zero-order chi connectivity index (χ0) is 21.8. The van der Waals surface area contributed by atoms with E-state index >= 15 is 0 Å². The highest BCUT2D eigenvalue weighted by Crippen LogP contribution is 2.38. The molecule has 3 heterocycles. The summed E-state index contributed by atoms with van der Waals surface area (Å²) in [4.78, 5) is 48.1. The Kier molecular flexibility index (Phi) is 6.85. The molecule has 1 aromatic rings. The number of carbonyl (C=O) groups is 3. The zero-order valence-corrected chi connectivity index (χ0v) is 18.2. The average molecular weight is 429 g/mol. The fourth-order valence-corrected chi connectivity index (χ4v) is 5.00. The minimum absolute atomic E-state index is 0.0766. The van der Waals surface area contributed by atoms with E-state index in [1.165, 1.54) is 4.90 Å². The first-order valence-electron chi connectivity index (χ1n) is 11.5. The molecule has 2 saturated heterocycles. The lowest BCUT2D eigenvalue weighted by molar-refractivity contribution is -0.155. The van der Waals surface area contributed by atoms with Crippen molar-refractivity contribution in [3.05, 3.63) is 24.4 Å². The van der Waals surface area contributed by atoms with Crippen LogP contribution in [-0.2, 0) is 19.1 Å². The number of likely N-dealkylation sites (tertiary alicyclic amines) is 1. The van der Waals surface area contributed by atoms with Gasteiger partial charge in [0.15, 0.2) is 0 Å². The molecule has 0 radical (unpaired) electrons. The third-order valence-corrected chi connectivity index (χ3v) is 6.71. The van der Waals surface area contributed by atoms with Crippen LogP contribution in [0.5, 0.6) is 0 Å². The third-order valence-electron chi connectivity index (χ3n) is 6.71. The van der Waals surface area contributed by atoms with Gasteiger partial charge in [-0.3, -0.25) is 24.2 Å². The van der Waals surface area contributed by atoms with Crippen molar-refractivity contribution in [1.82, 2.24) is 14.8 Å². The van der Waals surface area contributed by atoms with E-state index in [4.69, 9.17) is 4.74 Å². The number of anilines is 1. The largest absolute Gasteiger partial charge is 0.459 e. The highest BCUT2D eigenvalue weighted by atomic mass is 16.5. The predicted octanol–water partition coefficient (Wildman–Crippen LogP) is 1.70. The first-order chi connectivity index (χ1) is 15.1. The first kappa shape index (κ1) is 21.7. The number of pyridine rings is 1. The highest BCUT2D eigenvalue weighted by molar-refractivity contribution is 6.05. The minimum Gasteiger partial charge on any atom is -0.459 e. The zero-order valence-electron chi connectivity index (χ0n) is 18.2. The molecule has 0 spiro atoms. The van der Waals surface area contributed by atoms with Gasteiger partial charge in [-0.15, -0.1) is 0 Å². The molecule has 3 fully saturated rings. The SMILES string of the molecule is CCC(=O)OC(CN1CCN(c2ccccn2)CC1)CN1C(=O)C2CCCCC2C1=O. The van der Waals surface area contributed by atoms with Crippen molar-refractivity contribution >= 4 is 23.6 Å². The molecule has 1 aromatic heterocycles. The van der Waals surface area contributed by atoms with Crippen LogP contribution in [0.3, 0.4) is 0 Å². The van der Waals surface area contributed by atoms with Gasteiger partial charge in [0, 0.05) is 45.3 Å². The van der Waals surface area contributed by atoms with E-state index in [2.05, 4.69) is 14.8 Å². The number of hydrogen-bond donors (Lipinski definition) is 0. The maximum absolute atomic E-state index is 12.9. The van der Waals surface area contributed by atoms with E-state index in [1.54, 1.807) is 13.1 Å². The Bertz CT molecular complexity index is 770. The number of rotatable bonds is 7. The molecule has 3 aliphatic rings. The van der Waals surface area contributed by atoms with Crippen LogP contribution in [0.1, 0.15) is 39.0 Å². The molecule has 3 unspecified atom stereocenters. The van der Waals surface area contributed by atoms with Crippen LogP contribution in [0.4, 0.5) is 5.82 Å². The molecule has 2 amide bonds. The molecule has 2 aliphatic heterocycles. The number of fused-ring (bicyclic) bond motifs is 1. The molecule has 0 N–H and O–H groups in total. The predicted molar refractivity (Wildman–Crippen MR) is 115 cm³/mol. The van der Waals surface area contributed by atoms with Gasteiger partial charge < -0.3 is 9.64 Å². The summed E-state index contributed by atoms with van der Waals surface area (Å²) in [6.45, 7) is 5.72. The number of piperazine rings is 1. The van der Waals surface area contributed by atoms with Crippen LogP contribution in [0.15, 0.2) is 24.4 Å². The van der Waals surface area contributed by atoms with Gasteiger partial charge in [0.1, 0.15) is 11.9 Å². The second-order valence-electron chi connectivity index (χ2n) is 8.73. The van der Waals surface area contributed by atoms with Gasteiger partial charge in [-0.1, -0.05) is 25.8 Å². The van der Waals surface area contributed by atoms with Gasteiger partial charge in [-0.2, -0.15) is 0 Å². The third kappa shape index (κ3) is 4.89. The molecule has 8 heteroatoms. The summed E-state index contributed by atoms with van der Waals surface area (Å²) in [6, 6.07) is 5.89. The Labute approximate surface area is 183 Å². The molecule has 3 atom stereocenters. The Balaban J connectivity index is 1.37. The van der Waals surface area contributed by atoms with Gasteiger partial charge in [-0.05, 0) is 25.0 Å². The molecular weight excluding hydrogens is 396 g/mol. The monoisotopic (exact) mass is 428 g/mol. The minimum atomic E-state index is -0.498. The molecule has 4 rings (SSSR count). The maximum atomic E-state index is 12.9. The number of amides is 2. The molecule has 0 bridgehead atoms. The molecule has 0 aromatic carbocycles. The van der Waals surface area contributed by atoms with Crippen molar-refractivity contribution in [1.29, 1.82) is 0 Å². The summed E-state index contributed by atoms with van der Waals surface area (Å²) in [5.74, 6) is 0.163. The average Bonchev–Trinajstić information content (AvgIpc) is 3.05. The van der Waals surface area contributed by atoms with Gasteiger partial charge in [0.05, 0.1) is 18.4 Å². The molecule has 31 heavy (non-hydrogen) atoms. The fraction of sp³-hybridized carbons (Fsp3) is 0.652. The summed E-state index contributed by atoms with van der Waals surface area (Å²) >= 11 is 0. The molecule has 1 saturated carbocycles. The highest BCUT2D eigenvalue weighted by Gasteiger charge is 2.48. The normalized spacial score (nSPS) is 25.5. The number of nitrogens with zero attached hydrogens (tertiary/aromatic N) is 4. The van der Waals surface area contributed by atoms with E-state index in [9.17, 15) is 14.4 Å². The molecule has 168 valence electrons. The smallest absolute Gasteiger partial charge is 0.305 e. The quantitative estimate of drug-likeness (QED) is 0.483. The van der Waals surface area contributed by atoms with E-state index in [1.807, 2.05) is 18.2 Å². The first-order valence-corrected chi connectivity index (χ1v) is 11.5. The number of hydrogen-bond acceptors (Lipinski definition) is 7. The van der Waals surface area contributed by atoms with Crippen molar-refractivity contribution in [2.75, 3.05) is 44.2 Å². The van der Waals surface area contributed by atoms with E-state index < -0.39 is 6.10 Å². The lowest BCUT2D eigenvalue weighted by Gasteiger charge is -2.37. The number of esters is 1. The second kappa shape index (κ2) is 9.77. The van der Waals surface area contributed by atoms with Crippen LogP contribution in [-0.4, -0.2) is 77.9 Å². The van der Waals surface area contributed by atoms with E-state index in [0.29, 0.717) is 6.54 Å². The molecule has 8 nitrogen and oxygen atoms in total. The van der Waals surface area contributed by atoms with E-state index in [-0.39, 0.29) is 42.6 Å². The van der Waals surface area contributed by atoms with Crippen LogP contribution in [0.2, 0.25) is 0 Å². The Hall–Kier alpha value is -2.48. The molecular formula is C23H32N4O4. The number of ether oxygens (including phenoxy) is 1. The Morgan fingerprint density at radius 1 is 1.06 bits per heavy atom. The Morgan fingerprint density at radius 3 is 2.32 bits per heavy atom. The fourth-order valence-electron chi connectivity index (χ4n) is 5.00. The van der Waals surface area contributed by atoms with Gasteiger partial charge in [0.25, 0.3) is 0 Å². The lowest BCUT2D eigenvalue weighted by atomic mass is 9.81. The van der Waals surface area contributed by atoms with Crippen molar-refractivity contribution in [3.8, 4) is 0 Å². The summed E-state index contributed by atoms with van der Waals surface area (Å²) in [5.41, 5.74) is 0. The molecule has 1 aliphatic carbocycles. The van der Waals surface area contributed by atoms with Gasteiger partial charge in [0.2, 0.25) is 11.8 Å². The van der Waals surface area contributed by atoms with E-state index in [0.717, 1.165) is 57.7 Å². The number of aromatic nitrogens is 1. The van der Waals surface area contributed by atoms with Gasteiger partial charge in [-0.25, -0.2) is 4.98 Å². The van der Waals surface area contributed by atoms with Crippen molar-refractivity contribution in [2.24, 2.45) is 11.8 Å². The van der Waals surface area contributed by atoms with Crippen molar-refractivity contribution in [3.63, 3.8) is 0 Å². The van der Waals surface area contributed by atoms with Gasteiger partial charge >= 0.3 is 5.97 Å². The summed E-state index contributed by atoms with van der Waals surface area (Å²) in [5, 5.41) is 0. The van der Waals surface area contributed by atoms with Crippen molar-refractivity contribution < 1.29 is 19.1 Å². The van der Waals surface area contributed by atoms with Crippen LogP contribution >= 0.6 is 0 Å². The standard InChI is InChI=1S/C23H32N4O4/c1-2-21(28)31-17(16-27-22(29)18-7-3-4-8-19(18)23(27)30)15-25-11-13-26(14-12-25)20-9-5-6-10-24-20/h5-6,9-10,17-19H,2-4,7-8,11-16H2,1H3. The maximum Gasteiger partial charge on any atom is 0.305 e. The van der Waals surface area contributed by atoms with Crippen molar-refractivity contribution in [2.45, 2.75) is 45.1 Å². The topological polar surface area (TPSA) is 83.1 Å². The second-order valence-corrected chi connectivity index (χ2v) is 8.73. The Morgan fingerprint density at radius 2 is 1.74 bits per heavy atom. The van der Waals surface area contributed by atoms with Crippen LogP contribution in [0.25, 0.3) is 0 Å². The number of imide groups is 1. The summed E-state index contributed by atoms with van der Waals surface area (Å²) in [6.07, 6.45) is 5.16. The van der Waals surface area contributed by atoms with Crippen LogP contribution in [0, 0.1) is 11.8 Å².